The molecule has 0 radical (unpaired) electrons. The van der Waals surface area contributed by atoms with Crippen molar-refractivity contribution >= 4 is 18.5 Å². The predicted octanol–water partition coefficient (Wildman–Crippen LogP) is 2.88. The van der Waals surface area contributed by atoms with Gasteiger partial charge in [-0.3, -0.25) is 14.5 Å². The zero-order valence-corrected chi connectivity index (χ0v) is 15.0. The average Bonchev–Trinajstić information content (AvgIpc) is 2.70. The molecule has 1 saturated heterocycles. The number of nitrogens with zero attached hydrogens (tertiary/aromatic N) is 2. The quantitative estimate of drug-likeness (QED) is 0.664. The van der Waals surface area contributed by atoms with Crippen molar-refractivity contribution in [3.8, 4) is 0 Å². The number of hydrogen-bond donors (Lipinski definition) is 1. The van der Waals surface area contributed by atoms with Gasteiger partial charge in [-0.15, -0.1) is 0 Å². The molecule has 2 aromatic rings. The highest BCUT2D eigenvalue weighted by Crippen LogP contribution is 2.10. The highest BCUT2D eigenvalue weighted by atomic mass is 19.1. The van der Waals surface area contributed by atoms with E-state index < -0.39 is 0 Å². The molecule has 1 aliphatic rings. The van der Waals surface area contributed by atoms with E-state index in [-0.39, 0.29) is 18.2 Å². The van der Waals surface area contributed by atoms with Crippen molar-refractivity contribution in [1.82, 2.24) is 9.80 Å². The van der Waals surface area contributed by atoms with E-state index in [0.717, 1.165) is 43.9 Å². The van der Waals surface area contributed by atoms with Gasteiger partial charge in [0.05, 0.1) is 0 Å². The number of piperazine rings is 1. The van der Waals surface area contributed by atoms with Crippen molar-refractivity contribution < 1.29 is 19.1 Å². The molecule has 0 bridgehead atoms. The number of benzene rings is 2. The SMILES string of the molecule is O=C(/C=C/c1ccccc1)N1CCN(Cc2ccc(F)cc2)CC1.O=CO. The van der Waals surface area contributed by atoms with Crippen molar-refractivity contribution in [2.75, 3.05) is 26.2 Å². The monoisotopic (exact) mass is 370 g/mol. The van der Waals surface area contributed by atoms with E-state index in [4.69, 9.17) is 9.90 Å². The number of carbonyl (C=O) groups is 2. The predicted molar refractivity (Wildman–Crippen MR) is 102 cm³/mol. The number of amides is 1. The van der Waals surface area contributed by atoms with Gasteiger partial charge in [0, 0.05) is 38.8 Å². The maximum Gasteiger partial charge on any atom is 0.290 e. The summed E-state index contributed by atoms with van der Waals surface area (Å²) in [5.74, 6) is -0.153. The molecule has 1 amide bonds. The van der Waals surface area contributed by atoms with Gasteiger partial charge in [-0.05, 0) is 29.3 Å². The first-order valence-electron chi connectivity index (χ1n) is 8.69. The average molecular weight is 370 g/mol. The maximum absolute atomic E-state index is 12.9. The van der Waals surface area contributed by atoms with Gasteiger partial charge in [-0.1, -0.05) is 42.5 Å². The summed E-state index contributed by atoms with van der Waals surface area (Å²) in [6.45, 7) is 3.66. The molecular weight excluding hydrogens is 347 g/mol. The fraction of sp³-hybridized carbons (Fsp3) is 0.238. The fourth-order valence-electron chi connectivity index (χ4n) is 2.81. The van der Waals surface area contributed by atoms with Crippen LogP contribution in [0.2, 0.25) is 0 Å². The molecule has 5 nitrogen and oxygen atoms in total. The van der Waals surface area contributed by atoms with Crippen LogP contribution in [0.3, 0.4) is 0 Å². The van der Waals surface area contributed by atoms with Crippen LogP contribution in [0.25, 0.3) is 6.08 Å². The Morgan fingerprint density at radius 1 is 1.00 bits per heavy atom. The zero-order valence-electron chi connectivity index (χ0n) is 15.0. The Labute approximate surface area is 158 Å². The Morgan fingerprint density at radius 2 is 1.59 bits per heavy atom. The van der Waals surface area contributed by atoms with Crippen LogP contribution in [0, 0.1) is 5.82 Å². The Morgan fingerprint density at radius 3 is 2.19 bits per heavy atom. The molecule has 1 fully saturated rings. The second-order valence-electron chi connectivity index (χ2n) is 6.08. The van der Waals surface area contributed by atoms with Crippen LogP contribution in [0.5, 0.6) is 0 Å². The summed E-state index contributed by atoms with van der Waals surface area (Å²) < 4.78 is 12.9. The van der Waals surface area contributed by atoms with Crippen LogP contribution in [0.15, 0.2) is 60.7 Å². The summed E-state index contributed by atoms with van der Waals surface area (Å²) in [6.07, 6.45) is 3.50. The van der Waals surface area contributed by atoms with Gasteiger partial charge in [0.2, 0.25) is 5.91 Å². The summed E-state index contributed by atoms with van der Waals surface area (Å²) in [5, 5.41) is 6.89. The van der Waals surface area contributed by atoms with E-state index in [1.807, 2.05) is 53.4 Å². The molecule has 27 heavy (non-hydrogen) atoms. The van der Waals surface area contributed by atoms with E-state index in [1.54, 1.807) is 6.08 Å². The van der Waals surface area contributed by atoms with E-state index in [2.05, 4.69) is 4.90 Å². The molecule has 0 aromatic heterocycles. The molecule has 1 heterocycles. The van der Waals surface area contributed by atoms with E-state index in [0.29, 0.717) is 0 Å². The second-order valence-corrected chi connectivity index (χ2v) is 6.08. The normalized spacial score (nSPS) is 14.5. The number of hydrogen-bond acceptors (Lipinski definition) is 3. The van der Waals surface area contributed by atoms with Gasteiger partial charge in [-0.25, -0.2) is 4.39 Å². The van der Waals surface area contributed by atoms with Crippen molar-refractivity contribution in [3.05, 3.63) is 77.6 Å². The molecule has 2 aromatic carbocycles. The Hall–Kier alpha value is -2.99. The molecule has 0 spiro atoms. The van der Waals surface area contributed by atoms with Gasteiger partial charge in [0.15, 0.2) is 0 Å². The largest absolute Gasteiger partial charge is 0.483 e. The lowest BCUT2D eigenvalue weighted by Gasteiger charge is -2.34. The molecule has 6 heteroatoms. The third kappa shape index (κ3) is 7.03. The van der Waals surface area contributed by atoms with Crippen LogP contribution in [-0.2, 0) is 16.1 Å². The highest BCUT2D eigenvalue weighted by molar-refractivity contribution is 5.91. The Kier molecular flexibility index (Phi) is 8.19. The van der Waals surface area contributed by atoms with Crippen molar-refractivity contribution in [1.29, 1.82) is 0 Å². The molecular formula is C21H23FN2O3. The first kappa shape index (κ1) is 20.3. The number of carbonyl (C=O) groups excluding carboxylic acids is 1. The number of carboxylic acid groups (broad SMARTS) is 1. The first-order chi connectivity index (χ1) is 13.1. The number of rotatable bonds is 4. The maximum atomic E-state index is 12.9. The summed E-state index contributed by atoms with van der Waals surface area (Å²) in [4.78, 5) is 24.8. The molecule has 0 aliphatic carbocycles. The lowest BCUT2D eigenvalue weighted by Crippen LogP contribution is -2.47. The fourth-order valence-corrected chi connectivity index (χ4v) is 2.81. The first-order valence-corrected chi connectivity index (χ1v) is 8.69. The van der Waals surface area contributed by atoms with E-state index in [9.17, 15) is 9.18 Å². The summed E-state index contributed by atoms with van der Waals surface area (Å²) in [6, 6.07) is 16.4. The Balaban J connectivity index is 0.000000817. The molecule has 3 rings (SSSR count). The van der Waals surface area contributed by atoms with Crippen molar-refractivity contribution in [2.24, 2.45) is 0 Å². The van der Waals surface area contributed by atoms with Crippen LogP contribution in [-0.4, -0.2) is 53.5 Å². The number of halogens is 1. The van der Waals surface area contributed by atoms with Gasteiger partial charge in [0.25, 0.3) is 6.47 Å². The van der Waals surface area contributed by atoms with Gasteiger partial charge in [-0.2, -0.15) is 0 Å². The standard InChI is InChI=1S/C20H21FN2O.CH2O2/c21-19-9-6-18(7-10-19)16-22-12-14-23(15-13-22)20(24)11-8-17-4-2-1-3-5-17;2-1-3/h1-11H,12-16H2;1H,(H,2,3)/b11-8+;. The molecule has 0 unspecified atom stereocenters. The summed E-state index contributed by atoms with van der Waals surface area (Å²) in [7, 11) is 0. The smallest absolute Gasteiger partial charge is 0.290 e. The Bertz CT molecular complexity index is 740. The molecule has 142 valence electrons. The van der Waals surface area contributed by atoms with Crippen molar-refractivity contribution in [3.63, 3.8) is 0 Å². The van der Waals surface area contributed by atoms with Crippen LogP contribution in [0.1, 0.15) is 11.1 Å². The topological polar surface area (TPSA) is 60.9 Å². The van der Waals surface area contributed by atoms with Gasteiger partial charge < -0.3 is 10.0 Å². The van der Waals surface area contributed by atoms with Crippen LogP contribution >= 0.6 is 0 Å². The van der Waals surface area contributed by atoms with Crippen LogP contribution in [0.4, 0.5) is 4.39 Å². The minimum Gasteiger partial charge on any atom is -0.483 e. The summed E-state index contributed by atoms with van der Waals surface area (Å²) >= 11 is 0. The molecule has 1 aliphatic heterocycles. The van der Waals surface area contributed by atoms with Gasteiger partial charge >= 0.3 is 0 Å². The van der Waals surface area contributed by atoms with E-state index >= 15 is 0 Å². The van der Waals surface area contributed by atoms with E-state index in [1.165, 1.54) is 12.1 Å². The molecule has 1 N–H and O–H groups in total. The van der Waals surface area contributed by atoms with Crippen molar-refractivity contribution in [2.45, 2.75) is 6.54 Å². The molecule has 0 saturated carbocycles. The highest BCUT2D eigenvalue weighted by Gasteiger charge is 2.19. The molecule has 0 atom stereocenters. The third-order valence-electron chi connectivity index (χ3n) is 4.22. The van der Waals surface area contributed by atoms with Crippen LogP contribution < -0.4 is 0 Å². The minimum atomic E-state index is -0.250. The minimum absolute atomic E-state index is 0.0558. The lowest BCUT2D eigenvalue weighted by molar-refractivity contribution is -0.127. The summed E-state index contributed by atoms with van der Waals surface area (Å²) in [5.41, 5.74) is 2.13. The van der Waals surface area contributed by atoms with Gasteiger partial charge in [0.1, 0.15) is 5.82 Å². The lowest BCUT2D eigenvalue weighted by atomic mass is 10.2. The zero-order chi connectivity index (χ0) is 19.5. The second kappa shape index (κ2) is 10.9. The third-order valence-corrected chi connectivity index (χ3v) is 4.22.